The van der Waals surface area contributed by atoms with E-state index in [-0.39, 0.29) is 12.2 Å². The highest BCUT2D eigenvalue weighted by Gasteiger charge is 2.19. The third-order valence-corrected chi connectivity index (χ3v) is 6.36. The van der Waals surface area contributed by atoms with Crippen molar-refractivity contribution < 1.29 is 9.90 Å². The number of benzene rings is 2. The molecule has 8 nitrogen and oxygen atoms in total. The molecular formula is C27H22ClN5O3. The van der Waals surface area contributed by atoms with E-state index in [0.717, 1.165) is 27.7 Å². The predicted molar refractivity (Wildman–Crippen MR) is 139 cm³/mol. The molecule has 1 amide bonds. The van der Waals surface area contributed by atoms with Crippen molar-refractivity contribution in [1.29, 1.82) is 0 Å². The molecule has 5 rings (SSSR count). The number of aliphatic hydroxyl groups excluding tert-OH is 1. The lowest BCUT2D eigenvalue weighted by atomic mass is 10.1. The van der Waals surface area contributed by atoms with Crippen LogP contribution in [0, 0.1) is 0 Å². The average Bonchev–Trinajstić information content (AvgIpc) is 3.24. The minimum absolute atomic E-state index is 0.0195. The van der Waals surface area contributed by atoms with Crippen LogP contribution in [-0.4, -0.2) is 36.7 Å². The zero-order chi connectivity index (χ0) is 25.2. The summed E-state index contributed by atoms with van der Waals surface area (Å²) in [5, 5.41) is 13.8. The van der Waals surface area contributed by atoms with Gasteiger partial charge in [0.2, 0.25) is 0 Å². The highest BCUT2D eigenvalue weighted by Crippen LogP contribution is 2.33. The standard InChI is InChI=1S/C27H22ClN5O3/c1-32-14-21(23-24(28)29-16-30-25(23)32)17-9-11-19(12-10-17)31-26(35)20-8-5-13-33(27(20)36)22(15-34)18-6-3-2-4-7-18/h2-14,16,22,34H,15H2,1H3,(H,31,35)/t22-/m0/s1. The second-order valence-electron chi connectivity index (χ2n) is 8.29. The predicted octanol–water partition coefficient (Wildman–Crippen LogP) is 4.28. The van der Waals surface area contributed by atoms with Crippen molar-refractivity contribution in [1.82, 2.24) is 19.1 Å². The lowest BCUT2D eigenvalue weighted by Crippen LogP contribution is -2.32. The molecule has 1 atom stereocenters. The van der Waals surface area contributed by atoms with Crippen LogP contribution in [0.5, 0.6) is 0 Å². The fourth-order valence-electron chi connectivity index (χ4n) is 4.28. The fraction of sp³-hybridized carbons (Fsp3) is 0.111. The molecule has 0 spiro atoms. The van der Waals surface area contributed by atoms with Crippen molar-refractivity contribution in [3.8, 4) is 11.1 Å². The molecule has 3 heterocycles. The van der Waals surface area contributed by atoms with Crippen LogP contribution in [0.2, 0.25) is 5.15 Å². The molecule has 0 aliphatic carbocycles. The van der Waals surface area contributed by atoms with Gasteiger partial charge in [0.1, 0.15) is 22.7 Å². The smallest absolute Gasteiger partial charge is 0.264 e. The molecule has 2 aromatic carbocycles. The Bertz CT molecular complexity index is 1610. The highest BCUT2D eigenvalue weighted by molar-refractivity contribution is 6.35. The van der Waals surface area contributed by atoms with Crippen molar-refractivity contribution in [3.05, 3.63) is 112 Å². The molecule has 5 aromatic rings. The highest BCUT2D eigenvalue weighted by atomic mass is 35.5. The van der Waals surface area contributed by atoms with Gasteiger partial charge in [0.15, 0.2) is 0 Å². The SMILES string of the molecule is Cn1cc(-c2ccc(NC(=O)c3cccn([C@@H](CO)c4ccccc4)c3=O)cc2)c2c(Cl)ncnc21. The van der Waals surface area contributed by atoms with Gasteiger partial charge in [0.05, 0.1) is 18.0 Å². The van der Waals surface area contributed by atoms with Crippen LogP contribution < -0.4 is 10.9 Å². The normalized spacial score (nSPS) is 12.0. The molecule has 0 bridgehead atoms. The number of nitrogens with one attached hydrogen (secondary N) is 1. The number of fused-ring (bicyclic) bond motifs is 1. The summed E-state index contributed by atoms with van der Waals surface area (Å²) in [6.07, 6.45) is 4.92. The van der Waals surface area contributed by atoms with E-state index in [0.29, 0.717) is 10.8 Å². The summed E-state index contributed by atoms with van der Waals surface area (Å²) < 4.78 is 3.25. The van der Waals surface area contributed by atoms with Crippen LogP contribution in [0.4, 0.5) is 5.69 Å². The van der Waals surface area contributed by atoms with Gasteiger partial charge >= 0.3 is 0 Å². The lowest BCUT2D eigenvalue weighted by Gasteiger charge is -2.18. The van der Waals surface area contributed by atoms with E-state index >= 15 is 0 Å². The minimum Gasteiger partial charge on any atom is -0.394 e. The maximum atomic E-state index is 13.1. The number of aromatic nitrogens is 4. The summed E-state index contributed by atoms with van der Waals surface area (Å²) in [4.78, 5) is 34.5. The van der Waals surface area contributed by atoms with E-state index in [1.54, 1.807) is 24.4 Å². The van der Waals surface area contributed by atoms with Crippen molar-refractivity contribution in [2.45, 2.75) is 6.04 Å². The Labute approximate surface area is 211 Å². The average molecular weight is 500 g/mol. The number of pyridine rings is 1. The number of rotatable bonds is 6. The summed E-state index contributed by atoms with van der Waals surface area (Å²) in [6, 6.07) is 18.9. The first-order chi connectivity index (χ1) is 17.5. The molecule has 0 saturated carbocycles. The molecule has 3 aromatic heterocycles. The number of nitrogens with zero attached hydrogens (tertiary/aromatic N) is 4. The molecule has 180 valence electrons. The van der Waals surface area contributed by atoms with Gasteiger partial charge in [-0.2, -0.15) is 0 Å². The lowest BCUT2D eigenvalue weighted by molar-refractivity contribution is 0.102. The first-order valence-electron chi connectivity index (χ1n) is 11.2. The first-order valence-corrected chi connectivity index (χ1v) is 11.6. The van der Waals surface area contributed by atoms with Gasteiger partial charge in [-0.15, -0.1) is 0 Å². The van der Waals surface area contributed by atoms with E-state index in [1.807, 2.05) is 60.3 Å². The Kier molecular flexibility index (Phi) is 6.37. The van der Waals surface area contributed by atoms with E-state index in [9.17, 15) is 14.7 Å². The number of hydrogen-bond donors (Lipinski definition) is 2. The van der Waals surface area contributed by atoms with Gasteiger partial charge in [0.25, 0.3) is 11.5 Å². The van der Waals surface area contributed by atoms with Crippen molar-refractivity contribution >= 4 is 34.2 Å². The number of anilines is 1. The van der Waals surface area contributed by atoms with Gasteiger partial charge in [-0.1, -0.05) is 54.1 Å². The minimum atomic E-state index is -0.595. The van der Waals surface area contributed by atoms with Gasteiger partial charge in [-0.05, 0) is 35.4 Å². The summed E-state index contributed by atoms with van der Waals surface area (Å²) in [5.74, 6) is -0.534. The van der Waals surface area contributed by atoms with Gasteiger partial charge < -0.3 is 19.6 Å². The molecule has 0 fully saturated rings. The van der Waals surface area contributed by atoms with Crippen LogP contribution in [0.25, 0.3) is 22.2 Å². The molecule has 9 heteroatoms. The van der Waals surface area contributed by atoms with Gasteiger partial charge in [-0.25, -0.2) is 9.97 Å². The topological polar surface area (TPSA) is 102 Å². The van der Waals surface area contributed by atoms with E-state index < -0.39 is 17.5 Å². The van der Waals surface area contributed by atoms with E-state index in [2.05, 4.69) is 15.3 Å². The first kappa shape index (κ1) is 23.5. The van der Waals surface area contributed by atoms with Gasteiger partial charge in [0, 0.05) is 30.7 Å². The number of carbonyl (C=O) groups excluding carboxylic acids is 1. The zero-order valence-electron chi connectivity index (χ0n) is 19.3. The quantitative estimate of drug-likeness (QED) is 0.339. The summed E-state index contributed by atoms with van der Waals surface area (Å²) in [6.45, 7) is -0.278. The monoisotopic (exact) mass is 499 g/mol. The Hall–Kier alpha value is -4.27. The molecule has 0 radical (unpaired) electrons. The Balaban J connectivity index is 1.41. The van der Waals surface area contributed by atoms with Crippen molar-refractivity contribution in [2.24, 2.45) is 7.05 Å². The molecule has 2 N–H and O–H groups in total. The number of halogens is 1. The van der Waals surface area contributed by atoms with Crippen LogP contribution in [0.15, 0.2) is 90.2 Å². The summed E-state index contributed by atoms with van der Waals surface area (Å²) in [5.41, 5.74) is 3.27. The Morgan fingerprint density at radius 3 is 2.53 bits per heavy atom. The molecule has 0 aliphatic rings. The van der Waals surface area contributed by atoms with Crippen LogP contribution in [-0.2, 0) is 7.05 Å². The summed E-state index contributed by atoms with van der Waals surface area (Å²) in [7, 11) is 1.88. The van der Waals surface area contributed by atoms with Crippen LogP contribution >= 0.6 is 11.6 Å². The van der Waals surface area contributed by atoms with Crippen molar-refractivity contribution in [3.63, 3.8) is 0 Å². The maximum Gasteiger partial charge on any atom is 0.264 e. The van der Waals surface area contributed by atoms with E-state index in [4.69, 9.17) is 11.6 Å². The molecular weight excluding hydrogens is 478 g/mol. The largest absolute Gasteiger partial charge is 0.394 e. The fourth-order valence-corrected chi connectivity index (χ4v) is 4.51. The third kappa shape index (κ3) is 4.28. The number of aryl methyl sites for hydroxylation is 1. The Morgan fingerprint density at radius 2 is 1.81 bits per heavy atom. The second-order valence-corrected chi connectivity index (χ2v) is 8.65. The summed E-state index contributed by atoms with van der Waals surface area (Å²) >= 11 is 6.32. The number of carbonyl (C=O) groups is 1. The molecule has 0 saturated heterocycles. The molecule has 36 heavy (non-hydrogen) atoms. The third-order valence-electron chi connectivity index (χ3n) is 6.07. The van der Waals surface area contributed by atoms with Crippen molar-refractivity contribution in [2.75, 3.05) is 11.9 Å². The molecule has 0 aliphatic heterocycles. The van der Waals surface area contributed by atoms with E-state index in [1.165, 1.54) is 17.0 Å². The zero-order valence-corrected chi connectivity index (χ0v) is 20.1. The molecule has 0 unspecified atom stereocenters. The van der Waals surface area contributed by atoms with Crippen LogP contribution in [0.1, 0.15) is 22.0 Å². The van der Waals surface area contributed by atoms with Gasteiger partial charge in [-0.3, -0.25) is 9.59 Å². The second kappa shape index (κ2) is 9.77. The Morgan fingerprint density at radius 1 is 1.06 bits per heavy atom. The number of hydrogen-bond acceptors (Lipinski definition) is 5. The maximum absolute atomic E-state index is 13.1. The number of aliphatic hydroxyl groups is 1. The number of amides is 1. The van der Waals surface area contributed by atoms with Crippen LogP contribution in [0.3, 0.4) is 0 Å².